The number of nitrogens with zero attached hydrogens (tertiary/aromatic N) is 2. The Morgan fingerprint density at radius 2 is 2.26 bits per heavy atom. The fourth-order valence-corrected chi connectivity index (χ4v) is 3.57. The van der Waals surface area contributed by atoms with Gasteiger partial charge in [0, 0.05) is 49.2 Å². The van der Waals surface area contributed by atoms with E-state index >= 15 is 0 Å². The molecule has 1 aromatic heterocycles. The average molecular weight is 281 g/mol. The molecule has 1 fully saturated rings. The molecular weight excluding hydrogens is 254 g/mol. The summed E-state index contributed by atoms with van der Waals surface area (Å²) in [4.78, 5) is 7.08. The molecule has 1 N–H and O–H groups in total. The minimum atomic E-state index is 0.542. The van der Waals surface area contributed by atoms with Crippen LogP contribution >= 0.6 is 11.3 Å². The van der Waals surface area contributed by atoms with E-state index in [2.05, 4.69) is 48.3 Å². The second-order valence-electron chi connectivity index (χ2n) is 6.31. The third-order valence-corrected chi connectivity index (χ3v) is 4.92. The first-order valence-corrected chi connectivity index (χ1v) is 8.31. The average Bonchev–Trinajstić information content (AvgIpc) is 2.86. The van der Waals surface area contributed by atoms with Crippen LogP contribution in [0.3, 0.4) is 0 Å². The Bertz CT molecular complexity index is 363. The van der Waals surface area contributed by atoms with Gasteiger partial charge in [-0.3, -0.25) is 4.90 Å². The van der Waals surface area contributed by atoms with Gasteiger partial charge in [0.15, 0.2) is 0 Å². The summed E-state index contributed by atoms with van der Waals surface area (Å²) in [6.07, 6.45) is 3.19. The van der Waals surface area contributed by atoms with Crippen LogP contribution in [-0.4, -0.2) is 41.6 Å². The van der Waals surface area contributed by atoms with E-state index in [0.29, 0.717) is 18.0 Å². The van der Waals surface area contributed by atoms with Gasteiger partial charge in [0.05, 0.1) is 5.01 Å². The van der Waals surface area contributed by atoms with Gasteiger partial charge < -0.3 is 5.32 Å². The Hall–Kier alpha value is -0.450. The lowest BCUT2D eigenvalue weighted by Gasteiger charge is -2.40. The Labute approximate surface area is 121 Å². The van der Waals surface area contributed by atoms with Gasteiger partial charge >= 0.3 is 0 Å². The van der Waals surface area contributed by atoms with Crippen LogP contribution in [0.25, 0.3) is 0 Å². The zero-order valence-electron chi connectivity index (χ0n) is 12.6. The van der Waals surface area contributed by atoms with Crippen molar-refractivity contribution in [1.29, 1.82) is 0 Å². The SMILES string of the molecule is CC(C)CC1CN(CC(C)c2nccs2)C(C)CN1. The number of piperazine rings is 1. The standard InChI is InChI=1S/C15H27N3S/c1-11(2)7-14-10-18(13(4)8-17-14)9-12(3)15-16-5-6-19-15/h5-6,11-14,17H,7-10H2,1-4H3. The van der Waals surface area contributed by atoms with Crippen molar-refractivity contribution >= 4 is 11.3 Å². The largest absolute Gasteiger partial charge is 0.311 e. The van der Waals surface area contributed by atoms with Crippen molar-refractivity contribution in [2.75, 3.05) is 19.6 Å². The number of hydrogen-bond donors (Lipinski definition) is 1. The van der Waals surface area contributed by atoms with Gasteiger partial charge in [0.1, 0.15) is 0 Å². The molecule has 4 heteroatoms. The minimum Gasteiger partial charge on any atom is -0.311 e. The van der Waals surface area contributed by atoms with Crippen molar-refractivity contribution in [2.24, 2.45) is 5.92 Å². The Kier molecular flexibility index (Phi) is 5.37. The molecule has 1 aliphatic rings. The lowest BCUT2D eigenvalue weighted by molar-refractivity contribution is 0.126. The van der Waals surface area contributed by atoms with Crippen molar-refractivity contribution in [1.82, 2.24) is 15.2 Å². The van der Waals surface area contributed by atoms with Gasteiger partial charge in [-0.25, -0.2) is 4.98 Å². The monoisotopic (exact) mass is 281 g/mol. The van der Waals surface area contributed by atoms with Crippen LogP contribution in [0.2, 0.25) is 0 Å². The zero-order chi connectivity index (χ0) is 13.8. The molecule has 3 unspecified atom stereocenters. The summed E-state index contributed by atoms with van der Waals surface area (Å²) in [6.45, 7) is 12.7. The van der Waals surface area contributed by atoms with Crippen LogP contribution in [0.5, 0.6) is 0 Å². The van der Waals surface area contributed by atoms with Crippen molar-refractivity contribution in [3.05, 3.63) is 16.6 Å². The molecule has 3 atom stereocenters. The summed E-state index contributed by atoms with van der Waals surface area (Å²) in [6, 6.07) is 1.28. The molecule has 0 aliphatic carbocycles. The topological polar surface area (TPSA) is 28.2 Å². The van der Waals surface area contributed by atoms with E-state index in [1.807, 2.05) is 6.20 Å². The molecule has 0 saturated carbocycles. The van der Waals surface area contributed by atoms with Crippen LogP contribution in [0.4, 0.5) is 0 Å². The first-order valence-electron chi connectivity index (χ1n) is 7.43. The number of aromatic nitrogens is 1. The highest BCUT2D eigenvalue weighted by atomic mass is 32.1. The van der Waals surface area contributed by atoms with Gasteiger partial charge in [0.25, 0.3) is 0 Å². The van der Waals surface area contributed by atoms with E-state index in [4.69, 9.17) is 0 Å². The summed E-state index contributed by atoms with van der Waals surface area (Å²) < 4.78 is 0. The molecule has 2 rings (SSSR count). The van der Waals surface area contributed by atoms with Crippen molar-refractivity contribution < 1.29 is 0 Å². The summed E-state index contributed by atoms with van der Waals surface area (Å²) in [5, 5.41) is 7.03. The van der Waals surface area contributed by atoms with Crippen molar-refractivity contribution in [3.63, 3.8) is 0 Å². The molecule has 108 valence electrons. The quantitative estimate of drug-likeness (QED) is 0.899. The van der Waals surface area contributed by atoms with Gasteiger partial charge in [-0.05, 0) is 19.3 Å². The highest BCUT2D eigenvalue weighted by Gasteiger charge is 2.26. The highest BCUT2D eigenvalue weighted by Crippen LogP contribution is 2.21. The maximum Gasteiger partial charge on any atom is 0.0965 e. The predicted octanol–water partition coefficient (Wildman–Crippen LogP) is 2.96. The Morgan fingerprint density at radius 3 is 2.89 bits per heavy atom. The summed E-state index contributed by atoms with van der Waals surface area (Å²) in [5.74, 6) is 1.31. The molecule has 1 saturated heterocycles. The number of thiazole rings is 1. The molecule has 0 spiro atoms. The lowest BCUT2D eigenvalue weighted by atomic mass is 9.99. The van der Waals surface area contributed by atoms with Gasteiger partial charge in [-0.1, -0.05) is 20.8 Å². The summed E-state index contributed by atoms with van der Waals surface area (Å²) in [5.41, 5.74) is 0. The predicted molar refractivity (Wildman–Crippen MR) is 82.8 cm³/mol. The number of nitrogens with one attached hydrogen (secondary N) is 1. The van der Waals surface area contributed by atoms with Crippen LogP contribution in [0.1, 0.15) is 45.0 Å². The molecule has 1 aromatic rings. The van der Waals surface area contributed by atoms with E-state index in [1.54, 1.807) is 11.3 Å². The molecule has 0 aromatic carbocycles. The van der Waals surface area contributed by atoms with Crippen LogP contribution in [0.15, 0.2) is 11.6 Å². The fourth-order valence-electron chi connectivity index (χ4n) is 2.88. The molecule has 0 bridgehead atoms. The molecule has 1 aliphatic heterocycles. The zero-order valence-corrected chi connectivity index (χ0v) is 13.4. The van der Waals surface area contributed by atoms with E-state index in [9.17, 15) is 0 Å². The van der Waals surface area contributed by atoms with Crippen LogP contribution in [0, 0.1) is 5.92 Å². The van der Waals surface area contributed by atoms with Crippen LogP contribution < -0.4 is 5.32 Å². The van der Waals surface area contributed by atoms with Gasteiger partial charge in [-0.2, -0.15) is 0 Å². The summed E-state index contributed by atoms with van der Waals surface area (Å²) in [7, 11) is 0. The first-order chi connectivity index (χ1) is 9.06. The molecule has 0 amide bonds. The number of rotatable bonds is 5. The molecule has 0 radical (unpaired) electrons. The highest BCUT2D eigenvalue weighted by molar-refractivity contribution is 7.09. The lowest BCUT2D eigenvalue weighted by Crippen LogP contribution is -2.56. The maximum atomic E-state index is 4.45. The van der Waals surface area contributed by atoms with Gasteiger partial charge in [0.2, 0.25) is 0 Å². The van der Waals surface area contributed by atoms with Crippen LogP contribution in [-0.2, 0) is 0 Å². The second kappa shape index (κ2) is 6.82. The Balaban J connectivity index is 1.90. The van der Waals surface area contributed by atoms with E-state index in [1.165, 1.54) is 18.0 Å². The van der Waals surface area contributed by atoms with Crippen molar-refractivity contribution in [3.8, 4) is 0 Å². The normalized spacial score (nSPS) is 26.8. The molecular formula is C15H27N3S. The first kappa shape index (κ1) is 14.9. The Morgan fingerprint density at radius 1 is 1.47 bits per heavy atom. The van der Waals surface area contributed by atoms with Gasteiger partial charge in [-0.15, -0.1) is 11.3 Å². The molecule has 19 heavy (non-hydrogen) atoms. The smallest absolute Gasteiger partial charge is 0.0965 e. The minimum absolute atomic E-state index is 0.542. The van der Waals surface area contributed by atoms with E-state index in [0.717, 1.165) is 19.0 Å². The fraction of sp³-hybridized carbons (Fsp3) is 0.800. The third-order valence-electron chi connectivity index (χ3n) is 3.92. The summed E-state index contributed by atoms with van der Waals surface area (Å²) >= 11 is 1.78. The van der Waals surface area contributed by atoms with E-state index in [-0.39, 0.29) is 0 Å². The molecule has 2 heterocycles. The number of hydrogen-bond acceptors (Lipinski definition) is 4. The second-order valence-corrected chi connectivity index (χ2v) is 7.24. The van der Waals surface area contributed by atoms with E-state index < -0.39 is 0 Å². The van der Waals surface area contributed by atoms with Crippen molar-refractivity contribution in [2.45, 2.75) is 52.1 Å². The third kappa shape index (κ3) is 4.26. The maximum absolute atomic E-state index is 4.45. The molecule has 3 nitrogen and oxygen atoms in total.